The van der Waals surface area contributed by atoms with Gasteiger partial charge in [-0.1, -0.05) is 22.0 Å². The Hall–Kier alpha value is -2.61. The molecule has 0 unspecified atom stereocenters. The monoisotopic (exact) mass is 543 g/mol. The molecule has 3 aromatic rings. The summed E-state index contributed by atoms with van der Waals surface area (Å²) in [7, 11) is 1.41. The predicted molar refractivity (Wildman–Crippen MR) is 127 cm³/mol. The van der Waals surface area contributed by atoms with Gasteiger partial charge >= 0.3 is 0 Å². The van der Waals surface area contributed by atoms with Crippen molar-refractivity contribution in [2.75, 3.05) is 25.6 Å². The van der Waals surface area contributed by atoms with Crippen molar-refractivity contribution < 1.29 is 39.8 Å². The van der Waals surface area contributed by atoms with E-state index in [2.05, 4.69) is 31.2 Å². The number of halogens is 2. The SMILES string of the molecule is COc1cc2c(Nc3ccc(C)c(Br)c3)ncnc2cc1O[C@H](CO)[C@H](O)[C@@H](O)[C@H](F)CO.O. The summed E-state index contributed by atoms with van der Waals surface area (Å²) in [6.45, 7) is 0.268. The first kappa shape index (κ1) is 27.6. The number of aryl methyl sites for hydroxylation is 1. The van der Waals surface area contributed by atoms with Gasteiger partial charge in [-0.25, -0.2) is 14.4 Å². The van der Waals surface area contributed by atoms with Gasteiger partial charge in [-0.15, -0.1) is 0 Å². The van der Waals surface area contributed by atoms with Crippen LogP contribution in [0.2, 0.25) is 0 Å². The molecule has 2 aromatic carbocycles. The van der Waals surface area contributed by atoms with E-state index in [9.17, 15) is 19.7 Å². The van der Waals surface area contributed by atoms with E-state index in [0.29, 0.717) is 16.7 Å². The molecule has 0 spiro atoms. The van der Waals surface area contributed by atoms with Gasteiger partial charge in [-0.2, -0.15) is 0 Å². The third-order valence-electron chi connectivity index (χ3n) is 5.09. The Morgan fingerprint density at radius 1 is 1.06 bits per heavy atom. The van der Waals surface area contributed by atoms with Crippen LogP contribution in [0.1, 0.15) is 5.56 Å². The summed E-state index contributed by atoms with van der Waals surface area (Å²) in [5, 5.41) is 42.4. The number of methoxy groups -OCH3 is 1. The molecule has 7 N–H and O–H groups in total. The molecule has 0 radical (unpaired) electrons. The molecular weight excluding hydrogens is 517 g/mol. The van der Waals surface area contributed by atoms with Gasteiger partial charge < -0.3 is 40.7 Å². The van der Waals surface area contributed by atoms with E-state index in [-0.39, 0.29) is 17.0 Å². The topological polar surface area (TPSA) is 169 Å². The first-order valence-corrected chi connectivity index (χ1v) is 10.8. The maximum atomic E-state index is 13.6. The van der Waals surface area contributed by atoms with Crippen molar-refractivity contribution in [3.8, 4) is 11.5 Å². The summed E-state index contributed by atoms with van der Waals surface area (Å²) in [6.07, 6.45) is -5.88. The van der Waals surface area contributed by atoms with E-state index in [1.165, 1.54) is 19.5 Å². The number of anilines is 2. The molecule has 0 bridgehead atoms. The smallest absolute Gasteiger partial charge is 0.164 e. The fraction of sp³-hybridized carbons (Fsp3) is 0.364. The minimum Gasteiger partial charge on any atom is -0.493 e. The Bertz CT molecular complexity index is 1110. The van der Waals surface area contributed by atoms with E-state index in [1.807, 2.05) is 25.1 Å². The number of hydrogen-bond acceptors (Lipinski definition) is 9. The molecule has 4 atom stereocenters. The maximum Gasteiger partial charge on any atom is 0.164 e. The average molecular weight is 544 g/mol. The number of aliphatic hydroxyl groups is 4. The van der Waals surface area contributed by atoms with Gasteiger partial charge in [0, 0.05) is 21.6 Å². The Morgan fingerprint density at radius 3 is 2.41 bits per heavy atom. The number of benzene rings is 2. The zero-order chi connectivity index (χ0) is 24.1. The molecule has 10 nitrogen and oxygen atoms in total. The average Bonchev–Trinajstić information content (AvgIpc) is 2.83. The van der Waals surface area contributed by atoms with Crippen molar-refractivity contribution in [3.05, 3.63) is 46.7 Å². The van der Waals surface area contributed by atoms with Gasteiger partial charge in [0.2, 0.25) is 0 Å². The van der Waals surface area contributed by atoms with Gasteiger partial charge in [0.25, 0.3) is 0 Å². The summed E-state index contributed by atoms with van der Waals surface area (Å²) in [5.41, 5.74) is 2.36. The molecule has 1 aromatic heterocycles. The van der Waals surface area contributed by atoms with E-state index in [1.54, 1.807) is 6.07 Å². The van der Waals surface area contributed by atoms with E-state index < -0.39 is 37.7 Å². The number of hydrogen-bond donors (Lipinski definition) is 5. The molecule has 12 heteroatoms. The van der Waals surface area contributed by atoms with E-state index in [4.69, 9.17) is 14.6 Å². The molecule has 186 valence electrons. The number of aliphatic hydroxyl groups excluding tert-OH is 4. The quantitative estimate of drug-likeness (QED) is 0.254. The lowest BCUT2D eigenvalue weighted by Crippen LogP contribution is -2.48. The second-order valence-corrected chi connectivity index (χ2v) is 8.20. The molecule has 3 rings (SSSR count). The fourth-order valence-corrected chi connectivity index (χ4v) is 3.52. The Balaban J connectivity index is 0.00000408. The zero-order valence-electron chi connectivity index (χ0n) is 18.4. The molecular formula is C22H27BrFN3O7. The third kappa shape index (κ3) is 6.09. The lowest BCUT2D eigenvalue weighted by atomic mass is 10.0. The van der Waals surface area contributed by atoms with Crippen molar-refractivity contribution in [1.82, 2.24) is 9.97 Å². The van der Waals surface area contributed by atoms with Gasteiger partial charge in [0.05, 0.1) is 25.8 Å². The van der Waals surface area contributed by atoms with Crippen LogP contribution in [0, 0.1) is 6.92 Å². The van der Waals surface area contributed by atoms with E-state index in [0.717, 1.165) is 15.7 Å². The molecule has 0 saturated carbocycles. The summed E-state index contributed by atoms with van der Waals surface area (Å²) >= 11 is 3.50. The summed E-state index contributed by atoms with van der Waals surface area (Å²) in [5.74, 6) is 0.861. The second kappa shape index (κ2) is 12.2. The Morgan fingerprint density at radius 2 is 1.79 bits per heavy atom. The minimum atomic E-state index is -2.10. The molecule has 34 heavy (non-hydrogen) atoms. The fourth-order valence-electron chi connectivity index (χ4n) is 3.14. The summed E-state index contributed by atoms with van der Waals surface area (Å²) < 4.78 is 25.6. The van der Waals surface area contributed by atoms with Gasteiger partial charge in [-0.3, -0.25) is 0 Å². The number of alkyl halides is 1. The molecule has 0 aliphatic carbocycles. The van der Waals surface area contributed by atoms with E-state index >= 15 is 0 Å². The number of nitrogens with zero attached hydrogens (tertiary/aromatic N) is 2. The predicted octanol–water partition coefficient (Wildman–Crippen LogP) is 1.42. The zero-order valence-corrected chi connectivity index (χ0v) is 20.0. The highest BCUT2D eigenvalue weighted by Crippen LogP contribution is 2.36. The van der Waals surface area contributed by atoms with Crippen LogP contribution >= 0.6 is 15.9 Å². The van der Waals surface area contributed by atoms with Crippen molar-refractivity contribution in [2.45, 2.75) is 31.4 Å². The Kier molecular flexibility index (Phi) is 9.91. The number of rotatable bonds is 10. The molecule has 0 fully saturated rings. The minimum absolute atomic E-state index is 0. The van der Waals surface area contributed by atoms with Crippen molar-refractivity contribution in [3.63, 3.8) is 0 Å². The number of nitrogens with one attached hydrogen (secondary N) is 1. The maximum absolute atomic E-state index is 13.6. The standard InChI is InChI=1S/C22H25BrFN3O6.H2O/c1-11-3-4-12(5-14(11)23)27-22-13-6-17(32-2)18(7-16(13)25-10-26-22)33-19(9-29)21(31)20(30)15(24)8-28;/h3-7,10,15,19-21,28-31H,8-9H2,1-2H3,(H,25,26,27);1H2/t15-,19-,20+,21+;/m1./s1. The van der Waals surface area contributed by atoms with Crippen molar-refractivity contribution in [1.29, 1.82) is 0 Å². The molecule has 0 amide bonds. The van der Waals surface area contributed by atoms with Gasteiger partial charge in [0.15, 0.2) is 23.8 Å². The lowest BCUT2D eigenvalue weighted by molar-refractivity contribution is -0.0981. The number of fused-ring (bicyclic) bond motifs is 1. The summed E-state index contributed by atoms with van der Waals surface area (Å²) in [6, 6.07) is 8.93. The van der Waals surface area contributed by atoms with Crippen LogP contribution < -0.4 is 14.8 Å². The summed E-state index contributed by atoms with van der Waals surface area (Å²) in [4.78, 5) is 8.55. The third-order valence-corrected chi connectivity index (χ3v) is 5.94. The van der Waals surface area contributed by atoms with Crippen molar-refractivity contribution in [2.24, 2.45) is 0 Å². The molecule has 0 saturated heterocycles. The molecule has 0 aliphatic rings. The van der Waals surface area contributed by atoms with Crippen LogP contribution in [0.3, 0.4) is 0 Å². The van der Waals surface area contributed by atoms with Crippen LogP contribution in [-0.4, -0.2) is 80.7 Å². The van der Waals surface area contributed by atoms with Crippen LogP contribution in [-0.2, 0) is 0 Å². The Labute approximate surface area is 203 Å². The number of aromatic nitrogens is 2. The molecule has 1 heterocycles. The van der Waals surface area contributed by atoms with Crippen molar-refractivity contribution >= 4 is 38.3 Å². The van der Waals surface area contributed by atoms with Gasteiger partial charge in [-0.05, 0) is 30.7 Å². The van der Waals surface area contributed by atoms with Crippen LogP contribution in [0.25, 0.3) is 10.9 Å². The lowest BCUT2D eigenvalue weighted by Gasteiger charge is -2.28. The van der Waals surface area contributed by atoms with Crippen LogP contribution in [0.5, 0.6) is 11.5 Å². The second-order valence-electron chi connectivity index (χ2n) is 7.35. The van der Waals surface area contributed by atoms with Gasteiger partial charge in [0.1, 0.15) is 24.4 Å². The first-order chi connectivity index (χ1) is 15.8. The highest BCUT2D eigenvalue weighted by Gasteiger charge is 2.34. The molecule has 0 aliphatic heterocycles. The first-order valence-electron chi connectivity index (χ1n) is 10.0. The highest BCUT2D eigenvalue weighted by atomic mass is 79.9. The largest absolute Gasteiger partial charge is 0.493 e. The highest BCUT2D eigenvalue weighted by molar-refractivity contribution is 9.10. The van der Waals surface area contributed by atoms with Crippen LogP contribution in [0.15, 0.2) is 41.1 Å². The van der Waals surface area contributed by atoms with Crippen LogP contribution in [0.4, 0.5) is 15.9 Å². The normalized spacial score (nSPS) is 14.6. The number of ether oxygens (including phenoxy) is 2.